The number of halogens is 2. The van der Waals surface area contributed by atoms with E-state index in [-0.39, 0.29) is 0 Å². The van der Waals surface area contributed by atoms with Gasteiger partial charge < -0.3 is 5.73 Å². The molecule has 0 aliphatic heterocycles. The van der Waals surface area contributed by atoms with Crippen LogP contribution in [0.25, 0.3) is 0 Å². The molecule has 0 aliphatic carbocycles. The summed E-state index contributed by atoms with van der Waals surface area (Å²) in [4.78, 5) is 28.5. The Bertz CT molecular complexity index is 486. The molecule has 96 valence electrons. The van der Waals surface area contributed by atoms with Gasteiger partial charge in [-0.3, -0.25) is 30.3 Å². The van der Waals surface area contributed by atoms with Crippen LogP contribution in [0.4, 0.5) is 22.7 Å². The third-order valence-corrected chi connectivity index (χ3v) is 2.61. The average molecular weight is 297 g/mol. The van der Waals surface area contributed by atoms with Crippen LogP contribution in [-0.2, 0) is 0 Å². The summed E-state index contributed by atoms with van der Waals surface area (Å²) in [5.74, 6) is 0. The predicted octanol–water partition coefficient (Wildman–Crippen LogP) is 2.30. The van der Waals surface area contributed by atoms with Crippen LogP contribution in [0.3, 0.4) is 0 Å². The number of nitro groups is 3. The number of hydrogen-bond acceptors (Lipinski definition) is 7. The zero-order valence-electron chi connectivity index (χ0n) is 8.12. The van der Waals surface area contributed by atoms with E-state index in [0.717, 1.165) is 0 Å². The van der Waals surface area contributed by atoms with Crippen LogP contribution in [0.5, 0.6) is 0 Å². The van der Waals surface area contributed by atoms with E-state index in [1.54, 1.807) is 0 Å². The first-order valence-corrected chi connectivity index (χ1v) is 4.69. The third kappa shape index (κ3) is 1.98. The lowest BCUT2D eigenvalue weighted by atomic mass is 10.2. The summed E-state index contributed by atoms with van der Waals surface area (Å²) in [5, 5.41) is 30.0. The third-order valence-electron chi connectivity index (χ3n) is 1.89. The van der Waals surface area contributed by atoms with Gasteiger partial charge in [-0.1, -0.05) is 23.2 Å². The molecule has 0 spiro atoms. The Morgan fingerprint density at radius 2 is 1.06 bits per heavy atom. The molecule has 0 radical (unpaired) electrons. The zero-order valence-corrected chi connectivity index (χ0v) is 9.64. The van der Waals surface area contributed by atoms with Crippen LogP contribution in [0.1, 0.15) is 0 Å². The van der Waals surface area contributed by atoms with Crippen molar-refractivity contribution in [2.45, 2.75) is 0 Å². The number of rotatable bonds is 3. The number of nitrogen functional groups attached to an aromatic ring is 1. The van der Waals surface area contributed by atoms with Gasteiger partial charge in [0.25, 0.3) is 0 Å². The highest BCUT2D eigenvalue weighted by atomic mass is 35.5. The molecule has 1 aromatic carbocycles. The molecule has 0 aliphatic rings. The quantitative estimate of drug-likeness (QED) is 0.509. The fraction of sp³-hybridized carbons (Fsp3) is 0. The van der Waals surface area contributed by atoms with Crippen molar-refractivity contribution in [1.82, 2.24) is 0 Å². The average Bonchev–Trinajstić information content (AvgIpc) is 2.14. The zero-order chi connectivity index (χ0) is 14.2. The van der Waals surface area contributed by atoms with E-state index in [4.69, 9.17) is 28.9 Å². The van der Waals surface area contributed by atoms with Gasteiger partial charge in [0.05, 0.1) is 14.8 Å². The second-order valence-corrected chi connectivity index (χ2v) is 3.61. The molecule has 0 saturated heterocycles. The predicted molar refractivity (Wildman–Crippen MR) is 60.8 cm³/mol. The fourth-order valence-electron chi connectivity index (χ4n) is 1.19. The summed E-state index contributed by atoms with van der Waals surface area (Å²) < 4.78 is 0. The van der Waals surface area contributed by atoms with Gasteiger partial charge in [-0.05, 0) is 0 Å². The highest BCUT2D eigenvalue weighted by Gasteiger charge is 2.39. The standard InChI is InChI=1S/C6H2Cl2N4O6/c7-1-4(10(13)14)2(8)6(12(17)18)3(9)5(1)11(15)16/h9H2. The fourth-order valence-corrected chi connectivity index (χ4v) is 1.90. The molecule has 10 nitrogen and oxygen atoms in total. The van der Waals surface area contributed by atoms with Crippen molar-refractivity contribution < 1.29 is 14.8 Å². The maximum Gasteiger partial charge on any atom is 0.324 e. The molecule has 0 fully saturated rings. The molecule has 2 N–H and O–H groups in total. The van der Waals surface area contributed by atoms with E-state index in [1.165, 1.54) is 0 Å². The first kappa shape index (κ1) is 13.9. The SMILES string of the molecule is Nc1c([N+](=O)[O-])c(Cl)c([N+](=O)[O-])c(Cl)c1[N+](=O)[O-]. The minimum Gasteiger partial charge on any atom is -0.387 e. The number of nitrogens with zero attached hydrogens (tertiary/aromatic N) is 3. The highest BCUT2D eigenvalue weighted by molar-refractivity contribution is 6.42. The van der Waals surface area contributed by atoms with Crippen LogP contribution < -0.4 is 5.73 Å². The summed E-state index contributed by atoms with van der Waals surface area (Å²) >= 11 is 10.8. The molecule has 0 heterocycles. The second-order valence-electron chi connectivity index (χ2n) is 2.86. The van der Waals surface area contributed by atoms with Crippen molar-refractivity contribution in [3.8, 4) is 0 Å². The van der Waals surface area contributed by atoms with E-state index in [9.17, 15) is 30.3 Å². The van der Waals surface area contributed by atoms with Gasteiger partial charge >= 0.3 is 17.1 Å². The van der Waals surface area contributed by atoms with Crippen molar-refractivity contribution in [3.63, 3.8) is 0 Å². The number of hydrogen-bond donors (Lipinski definition) is 1. The molecule has 0 unspecified atom stereocenters. The lowest BCUT2D eigenvalue weighted by Crippen LogP contribution is -2.05. The molecule has 1 rings (SSSR count). The molecule has 0 aromatic heterocycles. The van der Waals surface area contributed by atoms with Crippen LogP contribution in [0.15, 0.2) is 0 Å². The van der Waals surface area contributed by atoms with Crippen LogP contribution in [-0.4, -0.2) is 14.8 Å². The van der Waals surface area contributed by atoms with E-state index in [1.807, 2.05) is 0 Å². The minimum atomic E-state index is -1.16. The Morgan fingerprint density at radius 3 is 1.28 bits per heavy atom. The van der Waals surface area contributed by atoms with E-state index < -0.39 is 47.6 Å². The van der Waals surface area contributed by atoms with Crippen molar-refractivity contribution in [1.29, 1.82) is 0 Å². The number of nitro benzene ring substituents is 3. The highest BCUT2D eigenvalue weighted by Crippen LogP contribution is 2.49. The largest absolute Gasteiger partial charge is 0.387 e. The first-order chi connectivity index (χ1) is 8.20. The Morgan fingerprint density at radius 1 is 0.778 bits per heavy atom. The van der Waals surface area contributed by atoms with Gasteiger partial charge in [0, 0.05) is 0 Å². The molecule has 0 atom stereocenters. The molecular weight excluding hydrogens is 295 g/mol. The van der Waals surface area contributed by atoms with Gasteiger partial charge in [0.15, 0.2) is 5.69 Å². The molecular formula is C6H2Cl2N4O6. The Kier molecular flexibility index (Phi) is 3.53. The summed E-state index contributed by atoms with van der Waals surface area (Å²) in [6.45, 7) is 0. The van der Waals surface area contributed by atoms with E-state index >= 15 is 0 Å². The monoisotopic (exact) mass is 296 g/mol. The number of benzene rings is 1. The molecule has 0 saturated carbocycles. The first-order valence-electron chi connectivity index (χ1n) is 3.93. The van der Waals surface area contributed by atoms with Crippen molar-refractivity contribution in [3.05, 3.63) is 40.4 Å². The van der Waals surface area contributed by atoms with Gasteiger partial charge in [-0.25, -0.2) is 0 Å². The van der Waals surface area contributed by atoms with Crippen molar-refractivity contribution in [2.24, 2.45) is 0 Å². The van der Waals surface area contributed by atoms with Gasteiger partial charge in [-0.2, -0.15) is 0 Å². The molecule has 1 aromatic rings. The van der Waals surface area contributed by atoms with Gasteiger partial charge in [-0.15, -0.1) is 0 Å². The maximum atomic E-state index is 10.7. The van der Waals surface area contributed by atoms with Gasteiger partial charge in [0.1, 0.15) is 0 Å². The minimum absolute atomic E-state index is 0.939. The normalized spacial score (nSPS) is 10.1. The van der Waals surface area contributed by atoms with Crippen LogP contribution in [0.2, 0.25) is 10.0 Å². The van der Waals surface area contributed by atoms with Crippen LogP contribution >= 0.6 is 23.2 Å². The Balaban J connectivity index is 3.94. The van der Waals surface area contributed by atoms with E-state index in [2.05, 4.69) is 0 Å². The summed E-state index contributed by atoms with van der Waals surface area (Å²) in [7, 11) is 0. The lowest BCUT2D eigenvalue weighted by molar-refractivity contribution is -0.401. The van der Waals surface area contributed by atoms with Gasteiger partial charge in [0.2, 0.25) is 10.0 Å². The molecule has 18 heavy (non-hydrogen) atoms. The number of nitrogens with two attached hydrogens (primary N) is 1. The maximum absolute atomic E-state index is 10.7. The second kappa shape index (κ2) is 4.58. The van der Waals surface area contributed by atoms with Crippen molar-refractivity contribution in [2.75, 3.05) is 5.73 Å². The Hall–Kier alpha value is -2.20. The summed E-state index contributed by atoms with van der Waals surface area (Å²) in [6, 6.07) is 0. The Labute approximate surface area is 107 Å². The smallest absolute Gasteiger partial charge is 0.324 e. The molecule has 12 heteroatoms. The summed E-state index contributed by atoms with van der Waals surface area (Å²) in [5.41, 5.74) is 0.857. The lowest BCUT2D eigenvalue weighted by Gasteiger charge is -2.04. The van der Waals surface area contributed by atoms with E-state index in [0.29, 0.717) is 0 Å². The number of anilines is 1. The van der Waals surface area contributed by atoms with Crippen molar-refractivity contribution >= 4 is 46.0 Å². The molecule has 0 amide bonds. The van der Waals surface area contributed by atoms with Crippen LogP contribution in [0, 0.1) is 30.3 Å². The summed E-state index contributed by atoms with van der Waals surface area (Å²) in [6.07, 6.45) is 0. The topological polar surface area (TPSA) is 155 Å². The molecule has 0 bridgehead atoms.